The number of nitrogens with zero attached hydrogens (tertiary/aromatic N) is 4. The van der Waals surface area contributed by atoms with Crippen LogP contribution in [0.15, 0.2) is 58.7 Å². The Morgan fingerprint density at radius 2 is 1.03 bits per heavy atom. The summed E-state index contributed by atoms with van der Waals surface area (Å²) in [6.45, 7) is 10.8. The number of benzene rings is 2. The number of nitrogens with one attached hydrogen (secondary N) is 2. The first-order valence-corrected chi connectivity index (χ1v) is 12.4. The van der Waals surface area contributed by atoms with Gasteiger partial charge in [-0.3, -0.25) is 9.59 Å². The Balaban J connectivity index is 1.77. The van der Waals surface area contributed by atoms with Crippen LogP contribution in [0, 0.1) is 11.8 Å². The minimum Gasteiger partial charge on any atom is -0.375 e. The topological polar surface area (TPSA) is 89.4 Å². The Labute approximate surface area is 215 Å². The predicted molar refractivity (Wildman–Crippen MR) is 150 cm³/mol. The van der Waals surface area contributed by atoms with E-state index in [1.165, 1.54) is 12.4 Å². The second-order valence-corrected chi connectivity index (χ2v) is 9.79. The third-order valence-electron chi connectivity index (χ3n) is 5.72. The molecule has 0 aliphatic carbocycles. The molecule has 0 saturated carbocycles. The number of amides is 2. The number of hydrazone groups is 2. The highest BCUT2D eigenvalue weighted by Gasteiger charge is 2.11. The van der Waals surface area contributed by atoms with Crippen LogP contribution in [-0.4, -0.2) is 51.4 Å². The molecule has 0 saturated heterocycles. The van der Waals surface area contributed by atoms with Gasteiger partial charge in [0.1, 0.15) is 0 Å². The highest BCUT2D eigenvalue weighted by Crippen LogP contribution is 2.15. The number of rotatable bonds is 12. The van der Waals surface area contributed by atoms with Crippen molar-refractivity contribution in [2.45, 2.75) is 40.5 Å². The maximum Gasteiger partial charge on any atom is 0.331 e. The molecule has 2 rings (SSSR count). The van der Waals surface area contributed by atoms with Crippen molar-refractivity contribution < 1.29 is 9.59 Å². The molecule has 0 bridgehead atoms. The van der Waals surface area contributed by atoms with Gasteiger partial charge in [-0.15, -0.1) is 0 Å². The molecule has 0 aromatic heterocycles. The lowest BCUT2D eigenvalue weighted by Gasteiger charge is -2.20. The molecule has 194 valence electrons. The first kappa shape index (κ1) is 28.6. The minimum absolute atomic E-state index is 0.656. The third-order valence-corrected chi connectivity index (χ3v) is 5.72. The van der Waals surface area contributed by atoms with E-state index < -0.39 is 11.8 Å². The van der Waals surface area contributed by atoms with Crippen molar-refractivity contribution in [3.05, 3.63) is 59.7 Å². The molecule has 2 amide bonds. The summed E-state index contributed by atoms with van der Waals surface area (Å²) in [7, 11) is 4.13. The summed E-state index contributed by atoms with van der Waals surface area (Å²) in [5.74, 6) is -0.474. The van der Waals surface area contributed by atoms with E-state index in [0.717, 1.165) is 48.4 Å². The molecule has 0 aliphatic heterocycles. The zero-order valence-corrected chi connectivity index (χ0v) is 22.4. The predicted octanol–water partition coefficient (Wildman–Crippen LogP) is 4.25. The average Bonchev–Trinajstić information content (AvgIpc) is 2.86. The lowest BCUT2D eigenvalue weighted by Crippen LogP contribution is -2.35. The Kier molecular flexibility index (Phi) is 11.6. The molecule has 2 N–H and O–H groups in total. The molecule has 0 fully saturated rings. The van der Waals surface area contributed by atoms with Crippen LogP contribution in [0.4, 0.5) is 11.4 Å². The van der Waals surface area contributed by atoms with Crippen LogP contribution in [-0.2, 0) is 9.59 Å². The van der Waals surface area contributed by atoms with E-state index in [0.29, 0.717) is 11.8 Å². The van der Waals surface area contributed by atoms with Crippen LogP contribution in [0.3, 0.4) is 0 Å². The number of carbonyl (C=O) groups is 2. The molecule has 0 atom stereocenters. The molecule has 0 spiro atoms. The SMILES string of the molecule is CC(C)CCN(C)c1ccc(C=NNC(=O)C(=O)NN=Cc2ccc(N(C)CCC(C)C)cc2)cc1. The Bertz CT molecular complexity index is 930. The van der Waals surface area contributed by atoms with Gasteiger partial charge in [-0.1, -0.05) is 52.0 Å². The normalized spacial score (nSPS) is 11.4. The molecule has 2 aromatic carbocycles. The lowest BCUT2D eigenvalue weighted by molar-refractivity contribution is -0.139. The summed E-state index contributed by atoms with van der Waals surface area (Å²) < 4.78 is 0. The van der Waals surface area contributed by atoms with Gasteiger partial charge in [0.25, 0.3) is 0 Å². The van der Waals surface area contributed by atoms with Crippen LogP contribution in [0.5, 0.6) is 0 Å². The van der Waals surface area contributed by atoms with E-state index in [1.54, 1.807) is 0 Å². The van der Waals surface area contributed by atoms with Crippen LogP contribution >= 0.6 is 0 Å². The Hall–Kier alpha value is -3.68. The van der Waals surface area contributed by atoms with E-state index in [1.807, 2.05) is 48.5 Å². The molecule has 36 heavy (non-hydrogen) atoms. The molecule has 8 nitrogen and oxygen atoms in total. The van der Waals surface area contributed by atoms with Crippen LogP contribution in [0.25, 0.3) is 0 Å². The summed E-state index contributed by atoms with van der Waals surface area (Å²) in [6, 6.07) is 15.6. The summed E-state index contributed by atoms with van der Waals surface area (Å²) in [5.41, 5.74) is 8.29. The Morgan fingerprint density at radius 3 is 1.33 bits per heavy atom. The van der Waals surface area contributed by atoms with Crippen LogP contribution < -0.4 is 20.7 Å². The van der Waals surface area contributed by atoms with E-state index in [4.69, 9.17) is 0 Å². The van der Waals surface area contributed by atoms with E-state index >= 15 is 0 Å². The van der Waals surface area contributed by atoms with Crippen molar-refractivity contribution >= 4 is 35.6 Å². The maximum absolute atomic E-state index is 12.0. The van der Waals surface area contributed by atoms with Gasteiger partial charge in [0.05, 0.1) is 12.4 Å². The van der Waals surface area contributed by atoms with E-state index in [-0.39, 0.29) is 0 Å². The molecular weight excluding hydrogens is 452 g/mol. The molecule has 0 aliphatic rings. The molecule has 0 radical (unpaired) electrons. The zero-order chi connectivity index (χ0) is 26.5. The van der Waals surface area contributed by atoms with Crippen molar-refractivity contribution in [3.63, 3.8) is 0 Å². The number of hydrogen-bond acceptors (Lipinski definition) is 6. The summed E-state index contributed by atoms with van der Waals surface area (Å²) >= 11 is 0. The fourth-order valence-corrected chi connectivity index (χ4v) is 3.22. The highest BCUT2D eigenvalue weighted by atomic mass is 16.2. The van der Waals surface area contributed by atoms with Crippen molar-refractivity contribution in [2.24, 2.45) is 22.0 Å². The van der Waals surface area contributed by atoms with Crippen molar-refractivity contribution in [1.29, 1.82) is 0 Å². The maximum atomic E-state index is 12.0. The largest absolute Gasteiger partial charge is 0.375 e. The third kappa shape index (κ3) is 10.3. The monoisotopic (exact) mass is 492 g/mol. The fraction of sp³-hybridized carbons (Fsp3) is 0.429. The van der Waals surface area contributed by atoms with Crippen LogP contribution in [0.2, 0.25) is 0 Å². The van der Waals surface area contributed by atoms with Gasteiger partial charge in [-0.05, 0) is 60.1 Å². The van der Waals surface area contributed by atoms with Crippen molar-refractivity contribution in [1.82, 2.24) is 10.9 Å². The quantitative estimate of drug-likeness (QED) is 0.263. The van der Waals surface area contributed by atoms with Crippen molar-refractivity contribution in [2.75, 3.05) is 37.0 Å². The van der Waals surface area contributed by atoms with Gasteiger partial charge in [-0.2, -0.15) is 10.2 Å². The molecule has 8 heteroatoms. The first-order valence-electron chi connectivity index (χ1n) is 12.4. The lowest BCUT2D eigenvalue weighted by atomic mass is 10.1. The molecule has 0 heterocycles. The smallest absolute Gasteiger partial charge is 0.331 e. The summed E-state index contributed by atoms with van der Waals surface area (Å²) in [5, 5.41) is 7.72. The second-order valence-electron chi connectivity index (χ2n) is 9.79. The second kappa shape index (κ2) is 14.7. The molecule has 2 aromatic rings. The zero-order valence-electron chi connectivity index (χ0n) is 22.4. The summed E-state index contributed by atoms with van der Waals surface area (Å²) in [4.78, 5) is 28.3. The Morgan fingerprint density at radius 1 is 0.694 bits per heavy atom. The van der Waals surface area contributed by atoms with Crippen molar-refractivity contribution in [3.8, 4) is 0 Å². The van der Waals surface area contributed by atoms with Gasteiger partial charge < -0.3 is 9.80 Å². The van der Waals surface area contributed by atoms with Gasteiger partial charge in [0.15, 0.2) is 0 Å². The minimum atomic E-state index is -0.893. The highest BCUT2D eigenvalue weighted by molar-refractivity contribution is 6.35. The number of hydrogen-bond donors (Lipinski definition) is 2. The molecular formula is C28H40N6O2. The fourth-order valence-electron chi connectivity index (χ4n) is 3.22. The van der Waals surface area contributed by atoms with E-state index in [2.05, 4.69) is 72.6 Å². The number of anilines is 2. The standard InChI is InChI=1S/C28H40N6O2/c1-21(2)15-17-33(5)25-11-7-23(8-12-25)19-29-31-27(35)28(36)32-30-20-24-9-13-26(14-10-24)34(6)18-16-22(3)4/h7-14,19-22H,15-18H2,1-6H3,(H,31,35)(H,32,36). The van der Waals surface area contributed by atoms with Gasteiger partial charge in [0.2, 0.25) is 0 Å². The number of carbonyl (C=O) groups excluding carboxylic acids is 2. The van der Waals surface area contributed by atoms with E-state index in [9.17, 15) is 9.59 Å². The van der Waals surface area contributed by atoms with Crippen LogP contribution in [0.1, 0.15) is 51.7 Å². The molecule has 0 unspecified atom stereocenters. The first-order chi connectivity index (χ1) is 17.2. The van der Waals surface area contributed by atoms with Gasteiger partial charge in [-0.25, -0.2) is 10.9 Å². The summed E-state index contributed by atoms with van der Waals surface area (Å²) in [6.07, 6.45) is 5.23. The van der Waals surface area contributed by atoms with Gasteiger partial charge in [0, 0.05) is 38.6 Å². The van der Waals surface area contributed by atoms with Gasteiger partial charge >= 0.3 is 11.8 Å². The average molecular weight is 493 g/mol.